The van der Waals surface area contributed by atoms with Crippen LogP contribution in [0.15, 0.2) is 128 Å². The second-order valence-electron chi connectivity index (χ2n) is 15.6. The molecule has 2 aliphatic rings. The highest BCUT2D eigenvalue weighted by atomic mass is 16.5. The predicted octanol–water partition coefficient (Wildman–Crippen LogP) is 10.6. The van der Waals surface area contributed by atoms with Crippen molar-refractivity contribution >= 4 is 51.3 Å². The summed E-state index contributed by atoms with van der Waals surface area (Å²) in [5, 5.41) is 3.44. The molecule has 8 aromatic rings. The SMILES string of the molecule is Cc1cccc(C)c1B1Oc2cccnc2N1c1cccc(Oc2ccc3c(c2)c2nc(-c4ccccc4)c4n2c2c(cccc32)C(C)(C)C4(C)C)c1. The maximum Gasteiger partial charge on any atom is 0.526 e. The number of pyridine rings is 2. The Morgan fingerprint density at radius 2 is 1.43 bits per heavy atom. The summed E-state index contributed by atoms with van der Waals surface area (Å²) < 4.78 is 15.8. The summed E-state index contributed by atoms with van der Waals surface area (Å²) in [5.41, 5.74) is 11.0. The van der Waals surface area contributed by atoms with Gasteiger partial charge in [-0.15, -0.1) is 0 Å². The Hall–Kier alpha value is -6.08. The molecular weight excluding hydrogens is 651 g/mol. The Morgan fingerprint density at radius 1 is 0.679 bits per heavy atom. The van der Waals surface area contributed by atoms with Crippen LogP contribution in [0, 0.1) is 13.8 Å². The summed E-state index contributed by atoms with van der Waals surface area (Å²) in [7, 11) is -0.357. The molecule has 6 nitrogen and oxygen atoms in total. The lowest BCUT2D eigenvalue weighted by Gasteiger charge is -2.46. The first-order valence-corrected chi connectivity index (χ1v) is 18.4. The standard InChI is InChI=1S/C46H39BN4O2/c1-28-14-10-15-29(2)39(28)47-51(44-38(53-47)22-13-25-48-44)31-18-11-19-32(26-31)52-33-23-24-34-35-20-12-21-37-41(35)50-42(46(5,6)45(37,3)4)40(30-16-8-7-9-17-30)49-43(50)36(34)27-33/h7-27H,1-6H3. The third kappa shape index (κ3) is 4.46. The molecule has 0 saturated heterocycles. The zero-order chi connectivity index (χ0) is 36.2. The summed E-state index contributed by atoms with van der Waals surface area (Å²) in [6, 6.07) is 42.3. The normalized spacial score (nSPS) is 15.4. The molecule has 0 saturated carbocycles. The Bertz CT molecular complexity index is 2770. The second-order valence-corrected chi connectivity index (χ2v) is 15.6. The third-order valence-corrected chi connectivity index (χ3v) is 12.1. The molecule has 0 amide bonds. The quantitative estimate of drug-likeness (QED) is 0.133. The molecule has 5 aromatic carbocycles. The van der Waals surface area contributed by atoms with Crippen molar-refractivity contribution in [1.29, 1.82) is 0 Å². The number of hydrogen-bond acceptors (Lipinski definition) is 5. The maximum absolute atomic E-state index is 6.73. The van der Waals surface area contributed by atoms with E-state index >= 15 is 0 Å². The number of aromatic nitrogens is 3. The number of anilines is 2. The number of benzene rings is 5. The first-order valence-electron chi connectivity index (χ1n) is 18.4. The van der Waals surface area contributed by atoms with Crippen LogP contribution >= 0.6 is 0 Å². The molecule has 0 aliphatic carbocycles. The number of imidazole rings is 1. The zero-order valence-electron chi connectivity index (χ0n) is 30.8. The summed E-state index contributed by atoms with van der Waals surface area (Å²) in [4.78, 5) is 12.4. The topological polar surface area (TPSA) is 51.9 Å². The van der Waals surface area contributed by atoms with Crippen molar-refractivity contribution in [2.75, 3.05) is 4.81 Å². The van der Waals surface area contributed by atoms with E-state index in [0.717, 1.165) is 61.9 Å². The lowest BCUT2D eigenvalue weighted by Crippen LogP contribution is -2.49. The van der Waals surface area contributed by atoms with E-state index in [4.69, 9.17) is 19.4 Å². The Morgan fingerprint density at radius 3 is 2.25 bits per heavy atom. The highest BCUT2D eigenvalue weighted by Crippen LogP contribution is 2.54. The predicted molar refractivity (Wildman–Crippen MR) is 217 cm³/mol. The van der Waals surface area contributed by atoms with Crippen molar-refractivity contribution < 1.29 is 9.39 Å². The average Bonchev–Trinajstić information content (AvgIpc) is 3.75. The van der Waals surface area contributed by atoms with Crippen molar-refractivity contribution in [3.8, 4) is 28.5 Å². The van der Waals surface area contributed by atoms with Crippen LogP contribution in [0.2, 0.25) is 0 Å². The molecule has 5 heterocycles. The maximum atomic E-state index is 6.73. The minimum Gasteiger partial charge on any atom is -0.535 e. The van der Waals surface area contributed by atoms with Crippen LogP contribution in [-0.4, -0.2) is 21.4 Å². The van der Waals surface area contributed by atoms with Crippen molar-refractivity contribution in [3.05, 3.63) is 150 Å². The van der Waals surface area contributed by atoms with Gasteiger partial charge in [-0.1, -0.05) is 112 Å². The van der Waals surface area contributed by atoms with Crippen LogP contribution in [0.3, 0.4) is 0 Å². The molecule has 0 atom stereocenters. The Balaban J connectivity index is 1.13. The largest absolute Gasteiger partial charge is 0.535 e. The molecule has 258 valence electrons. The van der Waals surface area contributed by atoms with Gasteiger partial charge in [0.05, 0.1) is 16.9 Å². The van der Waals surface area contributed by atoms with Crippen molar-refractivity contribution in [1.82, 2.24) is 14.4 Å². The number of aryl methyl sites for hydroxylation is 2. The van der Waals surface area contributed by atoms with Gasteiger partial charge >= 0.3 is 7.05 Å². The van der Waals surface area contributed by atoms with E-state index in [1.807, 2.05) is 30.5 Å². The first kappa shape index (κ1) is 31.6. The van der Waals surface area contributed by atoms with Crippen molar-refractivity contribution in [3.63, 3.8) is 0 Å². The minimum absolute atomic E-state index is 0.131. The van der Waals surface area contributed by atoms with E-state index in [0.29, 0.717) is 0 Å². The van der Waals surface area contributed by atoms with Gasteiger partial charge in [-0.05, 0) is 72.7 Å². The van der Waals surface area contributed by atoms with Gasteiger partial charge in [-0.2, -0.15) is 0 Å². The zero-order valence-corrected chi connectivity index (χ0v) is 30.8. The van der Waals surface area contributed by atoms with Gasteiger partial charge in [0.25, 0.3) is 0 Å². The van der Waals surface area contributed by atoms with E-state index in [1.165, 1.54) is 33.3 Å². The number of hydrogen-bond donors (Lipinski definition) is 0. The van der Waals surface area contributed by atoms with E-state index < -0.39 is 0 Å². The molecule has 3 aromatic heterocycles. The summed E-state index contributed by atoms with van der Waals surface area (Å²) >= 11 is 0. The monoisotopic (exact) mass is 690 g/mol. The van der Waals surface area contributed by atoms with Gasteiger partial charge in [0.15, 0.2) is 5.82 Å². The van der Waals surface area contributed by atoms with Gasteiger partial charge in [0.2, 0.25) is 0 Å². The number of fused-ring (bicyclic) bond motifs is 4. The van der Waals surface area contributed by atoms with Crippen molar-refractivity contribution in [2.45, 2.75) is 52.4 Å². The molecule has 53 heavy (non-hydrogen) atoms. The van der Waals surface area contributed by atoms with Crippen LogP contribution in [0.25, 0.3) is 38.6 Å². The molecule has 0 radical (unpaired) electrons. The molecule has 0 unspecified atom stereocenters. The van der Waals surface area contributed by atoms with Crippen LogP contribution in [0.5, 0.6) is 17.2 Å². The van der Waals surface area contributed by atoms with Crippen LogP contribution < -0.4 is 19.7 Å². The van der Waals surface area contributed by atoms with Gasteiger partial charge in [0, 0.05) is 45.1 Å². The highest BCUT2D eigenvalue weighted by molar-refractivity contribution is 6.75. The molecule has 0 fully saturated rings. The van der Waals surface area contributed by atoms with E-state index in [1.54, 1.807) is 0 Å². The number of nitrogens with zero attached hydrogens (tertiary/aromatic N) is 4. The second kappa shape index (κ2) is 11.2. The number of para-hydroxylation sites is 1. The minimum atomic E-state index is -0.357. The van der Waals surface area contributed by atoms with E-state index in [-0.39, 0.29) is 17.9 Å². The molecular formula is C46H39BN4O2. The lowest BCUT2D eigenvalue weighted by atomic mass is 9.60. The molecule has 2 aliphatic heterocycles. The van der Waals surface area contributed by atoms with Crippen LogP contribution in [-0.2, 0) is 10.8 Å². The molecule has 0 bridgehead atoms. The van der Waals surface area contributed by atoms with Crippen molar-refractivity contribution in [2.24, 2.45) is 0 Å². The summed E-state index contributed by atoms with van der Waals surface area (Å²) in [5.74, 6) is 3.02. The summed E-state index contributed by atoms with van der Waals surface area (Å²) in [6.45, 7) is 13.8. The summed E-state index contributed by atoms with van der Waals surface area (Å²) in [6.07, 6.45) is 1.82. The molecule has 0 spiro atoms. The lowest BCUT2D eigenvalue weighted by molar-refractivity contribution is 0.289. The molecule has 10 rings (SSSR count). The van der Waals surface area contributed by atoms with E-state index in [2.05, 4.69) is 148 Å². The van der Waals surface area contributed by atoms with Gasteiger partial charge in [-0.3, -0.25) is 4.40 Å². The Kier molecular flexibility index (Phi) is 6.69. The van der Waals surface area contributed by atoms with Gasteiger partial charge in [0.1, 0.15) is 22.9 Å². The van der Waals surface area contributed by atoms with E-state index in [9.17, 15) is 0 Å². The average molecular weight is 691 g/mol. The highest BCUT2D eigenvalue weighted by Gasteiger charge is 2.48. The fourth-order valence-corrected chi connectivity index (χ4v) is 8.77. The fourth-order valence-electron chi connectivity index (χ4n) is 8.77. The number of rotatable bonds is 5. The van der Waals surface area contributed by atoms with Gasteiger partial charge in [-0.25, -0.2) is 9.97 Å². The molecule has 0 N–H and O–H groups in total. The third-order valence-electron chi connectivity index (χ3n) is 12.1. The number of ether oxygens (including phenoxy) is 1. The molecule has 7 heteroatoms. The van der Waals surface area contributed by atoms with Crippen LogP contribution in [0.1, 0.15) is 50.1 Å². The fraction of sp³-hybridized carbons (Fsp3) is 0.174. The Labute approximate surface area is 309 Å². The smallest absolute Gasteiger partial charge is 0.526 e. The first-order chi connectivity index (χ1) is 25.6. The van der Waals surface area contributed by atoms with Gasteiger partial charge < -0.3 is 14.2 Å². The van der Waals surface area contributed by atoms with Crippen LogP contribution in [0.4, 0.5) is 11.5 Å².